The number of likely N-dealkylation sites (N-methyl/N-ethyl adjacent to an activating group) is 1. The number of nitrogens with one attached hydrogen (secondary N) is 1. The van der Waals surface area contributed by atoms with Crippen molar-refractivity contribution >= 4 is 11.4 Å². The molecular weight excluding hydrogens is 214 g/mol. The minimum atomic E-state index is 0.179. The highest BCUT2D eigenvalue weighted by Gasteiger charge is 2.04. The predicted octanol–water partition coefficient (Wildman–Crippen LogP) is 1.26. The van der Waals surface area contributed by atoms with Crippen LogP contribution < -0.4 is 16.0 Å². The van der Waals surface area contributed by atoms with E-state index in [1.54, 1.807) is 0 Å². The molecular formula is C13H23N3O. The molecule has 1 aromatic rings. The average molecular weight is 237 g/mol. The lowest BCUT2D eigenvalue weighted by molar-refractivity contribution is 0.302. The van der Waals surface area contributed by atoms with Crippen LogP contribution in [0.15, 0.2) is 24.3 Å². The van der Waals surface area contributed by atoms with Gasteiger partial charge in [0.05, 0.1) is 6.61 Å². The van der Waals surface area contributed by atoms with Gasteiger partial charge in [0, 0.05) is 37.1 Å². The molecule has 1 atom stereocenters. The Morgan fingerprint density at radius 2 is 2.00 bits per heavy atom. The second-order valence-electron chi connectivity index (χ2n) is 4.13. The van der Waals surface area contributed by atoms with E-state index in [0.29, 0.717) is 13.1 Å². The minimum absolute atomic E-state index is 0.179. The number of nitrogens with two attached hydrogens (primary N) is 1. The SMILES string of the molecule is CCN(CCO)c1ccc(NC(C)CN)cc1. The zero-order chi connectivity index (χ0) is 12.7. The van der Waals surface area contributed by atoms with Crippen LogP contribution in [0.1, 0.15) is 13.8 Å². The molecule has 0 fully saturated rings. The van der Waals surface area contributed by atoms with Crippen molar-refractivity contribution < 1.29 is 5.11 Å². The van der Waals surface area contributed by atoms with Crippen molar-refractivity contribution in [3.63, 3.8) is 0 Å². The standard InChI is InChI=1S/C13H23N3O/c1-3-16(8-9-17)13-6-4-12(5-7-13)15-11(2)10-14/h4-7,11,15,17H,3,8-10,14H2,1-2H3. The molecule has 0 aliphatic rings. The number of hydrogen-bond donors (Lipinski definition) is 3. The van der Waals surface area contributed by atoms with Crippen molar-refractivity contribution in [3.8, 4) is 0 Å². The number of anilines is 2. The van der Waals surface area contributed by atoms with E-state index in [1.165, 1.54) is 0 Å². The number of benzene rings is 1. The third kappa shape index (κ3) is 4.24. The third-order valence-corrected chi connectivity index (χ3v) is 2.75. The van der Waals surface area contributed by atoms with Crippen LogP contribution in [0.4, 0.5) is 11.4 Å². The number of rotatable bonds is 7. The maximum Gasteiger partial charge on any atom is 0.0606 e. The first kappa shape index (κ1) is 13.8. The number of aliphatic hydroxyl groups is 1. The van der Waals surface area contributed by atoms with Crippen molar-refractivity contribution in [2.75, 3.05) is 36.5 Å². The van der Waals surface area contributed by atoms with Gasteiger partial charge in [-0.3, -0.25) is 0 Å². The van der Waals surface area contributed by atoms with Crippen molar-refractivity contribution in [1.82, 2.24) is 0 Å². The Kier molecular flexibility index (Phi) is 5.80. The van der Waals surface area contributed by atoms with Crippen molar-refractivity contribution in [2.45, 2.75) is 19.9 Å². The van der Waals surface area contributed by atoms with Crippen LogP contribution in [0, 0.1) is 0 Å². The van der Waals surface area contributed by atoms with Crippen molar-refractivity contribution in [3.05, 3.63) is 24.3 Å². The molecule has 1 rings (SSSR count). The van der Waals surface area contributed by atoms with Gasteiger partial charge in [0.1, 0.15) is 0 Å². The van der Waals surface area contributed by atoms with E-state index >= 15 is 0 Å². The summed E-state index contributed by atoms with van der Waals surface area (Å²) in [5.41, 5.74) is 7.77. The fourth-order valence-corrected chi connectivity index (χ4v) is 1.70. The number of nitrogens with zero attached hydrogens (tertiary/aromatic N) is 1. The summed E-state index contributed by atoms with van der Waals surface area (Å²) < 4.78 is 0. The fourth-order valence-electron chi connectivity index (χ4n) is 1.70. The molecule has 0 aliphatic carbocycles. The summed E-state index contributed by atoms with van der Waals surface area (Å²) in [5.74, 6) is 0. The van der Waals surface area contributed by atoms with Gasteiger partial charge in [-0.2, -0.15) is 0 Å². The predicted molar refractivity (Wildman–Crippen MR) is 73.6 cm³/mol. The fraction of sp³-hybridized carbons (Fsp3) is 0.538. The van der Waals surface area contributed by atoms with E-state index in [2.05, 4.69) is 36.2 Å². The van der Waals surface area contributed by atoms with Crippen molar-refractivity contribution in [1.29, 1.82) is 0 Å². The summed E-state index contributed by atoms with van der Waals surface area (Å²) in [6.45, 7) is 6.50. The average Bonchev–Trinajstić information content (AvgIpc) is 2.37. The lowest BCUT2D eigenvalue weighted by Crippen LogP contribution is -2.26. The first-order chi connectivity index (χ1) is 8.21. The van der Waals surface area contributed by atoms with Gasteiger partial charge in [-0.15, -0.1) is 0 Å². The highest BCUT2D eigenvalue weighted by molar-refractivity contribution is 5.55. The van der Waals surface area contributed by atoms with Crippen molar-refractivity contribution in [2.24, 2.45) is 5.73 Å². The van der Waals surface area contributed by atoms with E-state index in [-0.39, 0.29) is 12.6 Å². The first-order valence-corrected chi connectivity index (χ1v) is 6.13. The molecule has 0 bridgehead atoms. The Morgan fingerprint density at radius 3 is 2.47 bits per heavy atom. The molecule has 4 nitrogen and oxygen atoms in total. The number of aliphatic hydroxyl groups excluding tert-OH is 1. The van der Waals surface area contributed by atoms with Gasteiger partial charge in [0.15, 0.2) is 0 Å². The van der Waals surface area contributed by atoms with Crippen LogP contribution in [0.5, 0.6) is 0 Å². The molecule has 0 heterocycles. The molecule has 0 spiro atoms. The molecule has 4 heteroatoms. The maximum absolute atomic E-state index is 8.97. The smallest absolute Gasteiger partial charge is 0.0606 e. The second-order valence-corrected chi connectivity index (χ2v) is 4.13. The summed E-state index contributed by atoms with van der Waals surface area (Å²) in [7, 11) is 0. The van der Waals surface area contributed by atoms with Gasteiger partial charge in [-0.1, -0.05) is 0 Å². The largest absolute Gasteiger partial charge is 0.395 e. The van der Waals surface area contributed by atoms with Crippen LogP contribution in [0.3, 0.4) is 0 Å². The molecule has 0 aromatic heterocycles. The number of hydrogen-bond acceptors (Lipinski definition) is 4. The molecule has 4 N–H and O–H groups in total. The third-order valence-electron chi connectivity index (χ3n) is 2.75. The Balaban J connectivity index is 2.66. The molecule has 0 saturated heterocycles. The van der Waals surface area contributed by atoms with Gasteiger partial charge in [-0.25, -0.2) is 0 Å². The van der Waals surface area contributed by atoms with Crippen LogP contribution >= 0.6 is 0 Å². The van der Waals surface area contributed by atoms with Gasteiger partial charge < -0.3 is 21.1 Å². The quantitative estimate of drug-likeness (QED) is 0.668. The van der Waals surface area contributed by atoms with E-state index in [4.69, 9.17) is 10.8 Å². The summed E-state index contributed by atoms with van der Waals surface area (Å²) in [5, 5.41) is 12.3. The zero-order valence-electron chi connectivity index (χ0n) is 10.7. The molecule has 1 unspecified atom stereocenters. The lowest BCUT2D eigenvalue weighted by Gasteiger charge is -2.22. The molecule has 17 heavy (non-hydrogen) atoms. The molecule has 96 valence electrons. The lowest BCUT2D eigenvalue weighted by atomic mass is 10.2. The molecule has 0 radical (unpaired) electrons. The van der Waals surface area contributed by atoms with Crippen LogP contribution in [-0.2, 0) is 0 Å². The van der Waals surface area contributed by atoms with E-state index in [0.717, 1.165) is 17.9 Å². The zero-order valence-corrected chi connectivity index (χ0v) is 10.7. The highest BCUT2D eigenvalue weighted by atomic mass is 16.3. The Labute approximate surface area is 103 Å². The van der Waals surface area contributed by atoms with Gasteiger partial charge in [0.25, 0.3) is 0 Å². The van der Waals surface area contributed by atoms with Gasteiger partial charge in [0.2, 0.25) is 0 Å². The highest BCUT2D eigenvalue weighted by Crippen LogP contribution is 2.18. The van der Waals surface area contributed by atoms with E-state index < -0.39 is 0 Å². The Hall–Kier alpha value is -1.26. The van der Waals surface area contributed by atoms with E-state index in [9.17, 15) is 0 Å². The van der Waals surface area contributed by atoms with Crippen LogP contribution in [-0.4, -0.2) is 37.4 Å². The summed E-state index contributed by atoms with van der Waals surface area (Å²) >= 11 is 0. The van der Waals surface area contributed by atoms with Gasteiger partial charge in [-0.05, 0) is 38.1 Å². The normalized spacial score (nSPS) is 12.2. The topological polar surface area (TPSA) is 61.5 Å². The maximum atomic E-state index is 8.97. The Bertz CT molecular complexity index is 313. The summed E-state index contributed by atoms with van der Waals surface area (Å²) in [4.78, 5) is 2.14. The second kappa shape index (κ2) is 7.14. The van der Waals surface area contributed by atoms with Crippen LogP contribution in [0.2, 0.25) is 0 Å². The molecule has 1 aromatic carbocycles. The summed E-state index contributed by atoms with van der Waals surface area (Å²) in [6.07, 6.45) is 0. The first-order valence-electron chi connectivity index (χ1n) is 6.13. The monoisotopic (exact) mass is 237 g/mol. The molecule has 0 saturated carbocycles. The molecule has 0 amide bonds. The summed E-state index contributed by atoms with van der Waals surface area (Å²) in [6, 6.07) is 8.49. The van der Waals surface area contributed by atoms with E-state index in [1.807, 2.05) is 12.1 Å². The molecule has 0 aliphatic heterocycles. The van der Waals surface area contributed by atoms with Crippen LogP contribution in [0.25, 0.3) is 0 Å². The van der Waals surface area contributed by atoms with Gasteiger partial charge >= 0.3 is 0 Å². The minimum Gasteiger partial charge on any atom is -0.395 e. The Morgan fingerprint density at radius 1 is 1.35 bits per heavy atom.